The van der Waals surface area contributed by atoms with Crippen LogP contribution in [0.4, 0.5) is 5.69 Å². The Bertz CT molecular complexity index is 714. The van der Waals surface area contributed by atoms with E-state index >= 15 is 0 Å². The van der Waals surface area contributed by atoms with E-state index in [1.165, 1.54) is 0 Å². The third kappa shape index (κ3) is 5.45. The van der Waals surface area contributed by atoms with Crippen molar-refractivity contribution in [3.63, 3.8) is 0 Å². The molecule has 7 nitrogen and oxygen atoms in total. The second kappa shape index (κ2) is 10.1. The topological polar surface area (TPSA) is 74.6 Å². The molecule has 0 atom stereocenters. The van der Waals surface area contributed by atoms with Crippen molar-refractivity contribution in [2.45, 2.75) is 25.9 Å². The second-order valence-corrected chi connectivity index (χ2v) is 5.94. The molecular formula is C18H25IN6O. The van der Waals surface area contributed by atoms with Crippen LogP contribution in [0.2, 0.25) is 0 Å². The summed E-state index contributed by atoms with van der Waals surface area (Å²) in [5, 5.41) is 10.7. The number of guanidine groups is 1. The van der Waals surface area contributed by atoms with Crippen LogP contribution in [0, 0.1) is 0 Å². The van der Waals surface area contributed by atoms with Crippen LogP contribution in [0.3, 0.4) is 0 Å². The molecule has 1 amide bonds. The lowest BCUT2D eigenvalue weighted by molar-refractivity contribution is -0.117. The Kier molecular flexibility index (Phi) is 7.89. The lowest BCUT2D eigenvalue weighted by Gasteiger charge is -2.16. The van der Waals surface area contributed by atoms with Gasteiger partial charge in [-0.3, -0.25) is 14.5 Å². The molecule has 0 aliphatic carbocycles. The number of hydrogen-bond acceptors (Lipinski definition) is 3. The fraction of sp³-hybridized carbons (Fsp3) is 0.389. The van der Waals surface area contributed by atoms with Crippen LogP contribution in [-0.4, -0.2) is 41.8 Å². The number of carbonyl (C=O) groups excluding carboxylic acids is 1. The SMILES string of the molecule is CN=C(NCCn1cccn1)NCc1ccc(N2CCCC2=O)cc1.I. The zero-order valence-electron chi connectivity index (χ0n) is 14.9. The maximum Gasteiger partial charge on any atom is 0.227 e. The number of hydrogen-bond donors (Lipinski definition) is 2. The van der Waals surface area contributed by atoms with Gasteiger partial charge in [-0.05, 0) is 30.2 Å². The zero-order valence-corrected chi connectivity index (χ0v) is 17.2. The summed E-state index contributed by atoms with van der Waals surface area (Å²) in [6.45, 7) is 3.03. The van der Waals surface area contributed by atoms with Crippen LogP contribution < -0.4 is 15.5 Å². The average molecular weight is 468 g/mol. The number of aliphatic imine (C=N–C) groups is 1. The molecule has 8 heteroatoms. The quantitative estimate of drug-likeness (QED) is 0.387. The van der Waals surface area contributed by atoms with Crippen molar-refractivity contribution in [3.8, 4) is 0 Å². The first kappa shape index (κ1) is 20.2. The minimum Gasteiger partial charge on any atom is -0.355 e. The van der Waals surface area contributed by atoms with Crippen LogP contribution in [0.5, 0.6) is 0 Å². The smallest absolute Gasteiger partial charge is 0.227 e. The summed E-state index contributed by atoms with van der Waals surface area (Å²) in [7, 11) is 1.76. The summed E-state index contributed by atoms with van der Waals surface area (Å²) in [6.07, 6.45) is 5.31. The third-order valence-corrected chi connectivity index (χ3v) is 4.20. The van der Waals surface area contributed by atoms with Crippen molar-refractivity contribution in [1.29, 1.82) is 0 Å². The van der Waals surface area contributed by atoms with Gasteiger partial charge in [0.05, 0.1) is 6.54 Å². The van der Waals surface area contributed by atoms with E-state index < -0.39 is 0 Å². The van der Waals surface area contributed by atoms with Gasteiger partial charge in [-0.15, -0.1) is 24.0 Å². The van der Waals surface area contributed by atoms with Crippen LogP contribution >= 0.6 is 24.0 Å². The van der Waals surface area contributed by atoms with Gasteiger partial charge < -0.3 is 15.5 Å². The number of carbonyl (C=O) groups is 1. The highest BCUT2D eigenvalue weighted by Gasteiger charge is 2.21. The molecule has 2 aromatic rings. The molecule has 1 saturated heterocycles. The largest absolute Gasteiger partial charge is 0.355 e. The van der Waals surface area contributed by atoms with Crippen molar-refractivity contribution >= 4 is 41.5 Å². The fourth-order valence-electron chi connectivity index (χ4n) is 2.84. The third-order valence-electron chi connectivity index (χ3n) is 4.20. The Morgan fingerprint density at radius 2 is 2.08 bits per heavy atom. The Labute approximate surface area is 170 Å². The van der Waals surface area contributed by atoms with E-state index in [1.807, 2.05) is 46.1 Å². The molecule has 1 aromatic heterocycles. The standard InChI is InChI=1S/C18H24N6O.HI/c1-19-18(20-10-13-23-11-3-9-22-23)21-14-15-5-7-16(8-6-15)24-12-2-4-17(24)25;/h3,5-9,11H,2,4,10,12-14H2,1H3,(H2,19,20,21);1H. The maximum atomic E-state index is 11.8. The number of nitrogens with zero attached hydrogens (tertiary/aromatic N) is 4. The Morgan fingerprint density at radius 1 is 1.27 bits per heavy atom. The van der Waals surface area contributed by atoms with Gasteiger partial charge in [-0.1, -0.05) is 12.1 Å². The molecule has 1 fully saturated rings. The number of aromatic nitrogens is 2. The molecular weight excluding hydrogens is 443 g/mol. The number of nitrogens with one attached hydrogen (secondary N) is 2. The van der Waals surface area contributed by atoms with Crippen LogP contribution in [-0.2, 0) is 17.9 Å². The first-order chi connectivity index (χ1) is 12.3. The zero-order chi connectivity index (χ0) is 17.5. The first-order valence-electron chi connectivity index (χ1n) is 8.57. The molecule has 26 heavy (non-hydrogen) atoms. The molecule has 0 saturated carbocycles. The molecule has 1 aliphatic heterocycles. The Morgan fingerprint density at radius 3 is 2.69 bits per heavy atom. The van der Waals surface area contributed by atoms with E-state index in [0.29, 0.717) is 13.0 Å². The summed E-state index contributed by atoms with van der Waals surface area (Å²) in [6, 6.07) is 10.0. The molecule has 2 N–H and O–H groups in total. The summed E-state index contributed by atoms with van der Waals surface area (Å²) in [5.74, 6) is 0.971. The molecule has 3 rings (SSSR count). The van der Waals surface area contributed by atoms with Crippen molar-refractivity contribution in [3.05, 3.63) is 48.3 Å². The lowest BCUT2D eigenvalue weighted by atomic mass is 10.2. The average Bonchev–Trinajstić information content (AvgIpc) is 3.30. The molecule has 0 unspecified atom stereocenters. The summed E-state index contributed by atoms with van der Waals surface area (Å²) >= 11 is 0. The molecule has 1 aromatic carbocycles. The van der Waals surface area contributed by atoms with E-state index in [0.717, 1.165) is 43.3 Å². The van der Waals surface area contributed by atoms with Crippen molar-refractivity contribution in [2.24, 2.45) is 4.99 Å². The first-order valence-corrected chi connectivity index (χ1v) is 8.57. The van der Waals surface area contributed by atoms with E-state index in [4.69, 9.17) is 0 Å². The lowest BCUT2D eigenvalue weighted by Crippen LogP contribution is -2.38. The van der Waals surface area contributed by atoms with Crippen LogP contribution in [0.25, 0.3) is 0 Å². The van der Waals surface area contributed by atoms with Gasteiger partial charge in [0.1, 0.15) is 0 Å². The number of benzene rings is 1. The normalized spacial score (nSPS) is 14.3. The van der Waals surface area contributed by atoms with Gasteiger partial charge in [-0.2, -0.15) is 5.10 Å². The highest BCUT2D eigenvalue weighted by molar-refractivity contribution is 14.0. The second-order valence-electron chi connectivity index (χ2n) is 5.94. The fourth-order valence-corrected chi connectivity index (χ4v) is 2.84. The van der Waals surface area contributed by atoms with Crippen molar-refractivity contribution in [2.75, 3.05) is 25.0 Å². The van der Waals surface area contributed by atoms with Gasteiger partial charge in [0.15, 0.2) is 5.96 Å². The van der Waals surface area contributed by atoms with E-state index in [9.17, 15) is 4.79 Å². The van der Waals surface area contributed by atoms with Crippen LogP contribution in [0.1, 0.15) is 18.4 Å². The highest BCUT2D eigenvalue weighted by Crippen LogP contribution is 2.21. The monoisotopic (exact) mass is 468 g/mol. The van der Waals surface area contributed by atoms with Crippen molar-refractivity contribution < 1.29 is 4.79 Å². The highest BCUT2D eigenvalue weighted by atomic mass is 127. The maximum absolute atomic E-state index is 11.8. The minimum absolute atomic E-state index is 0. The predicted octanol–water partition coefficient (Wildman–Crippen LogP) is 1.99. The number of amides is 1. The molecule has 0 spiro atoms. The van der Waals surface area contributed by atoms with E-state index in [1.54, 1.807) is 13.2 Å². The van der Waals surface area contributed by atoms with Gasteiger partial charge in [0.2, 0.25) is 5.91 Å². The van der Waals surface area contributed by atoms with Gasteiger partial charge in [0.25, 0.3) is 0 Å². The summed E-state index contributed by atoms with van der Waals surface area (Å²) < 4.78 is 1.87. The minimum atomic E-state index is 0. The van der Waals surface area contributed by atoms with Crippen molar-refractivity contribution in [1.82, 2.24) is 20.4 Å². The Hall–Kier alpha value is -2.10. The molecule has 0 radical (unpaired) electrons. The molecule has 140 valence electrons. The molecule has 2 heterocycles. The molecule has 0 bridgehead atoms. The van der Waals surface area contributed by atoms with E-state index in [2.05, 4.69) is 20.7 Å². The van der Waals surface area contributed by atoms with Gasteiger partial charge in [0, 0.05) is 51.2 Å². The predicted molar refractivity (Wildman–Crippen MR) is 114 cm³/mol. The number of halogens is 1. The van der Waals surface area contributed by atoms with Crippen LogP contribution in [0.15, 0.2) is 47.7 Å². The number of anilines is 1. The molecule has 1 aliphatic rings. The summed E-state index contributed by atoms with van der Waals surface area (Å²) in [5.41, 5.74) is 2.12. The van der Waals surface area contributed by atoms with Gasteiger partial charge >= 0.3 is 0 Å². The van der Waals surface area contributed by atoms with E-state index in [-0.39, 0.29) is 29.9 Å². The van der Waals surface area contributed by atoms with Gasteiger partial charge in [-0.25, -0.2) is 0 Å². The Balaban J connectivity index is 0.00000243. The number of rotatable bonds is 6. The summed E-state index contributed by atoms with van der Waals surface area (Å²) in [4.78, 5) is 17.9.